The van der Waals surface area contributed by atoms with Gasteiger partial charge in [0.2, 0.25) is 0 Å². The van der Waals surface area contributed by atoms with Gasteiger partial charge in [-0.05, 0) is 56.8 Å². The van der Waals surface area contributed by atoms with Crippen molar-refractivity contribution in [1.82, 2.24) is 4.90 Å². The van der Waals surface area contributed by atoms with Crippen LogP contribution in [0.15, 0.2) is 17.1 Å². The number of amidine groups is 1. The van der Waals surface area contributed by atoms with E-state index in [0.717, 1.165) is 48.0 Å². The molecule has 25 heavy (non-hydrogen) atoms. The van der Waals surface area contributed by atoms with E-state index in [0.29, 0.717) is 6.04 Å². The van der Waals surface area contributed by atoms with Crippen molar-refractivity contribution in [2.75, 3.05) is 25.5 Å². The van der Waals surface area contributed by atoms with E-state index in [1.807, 2.05) is 7.05 Å². The highest BCUT2D eigenvalue weighted by molar-refractivity contribution is 6.32. The van der Waals surface area contributed by atoms with Crippen LogP contribution in [0.25, 0.3) is 0 Å². The fraction of sp³-hybridized carbons (Fsp3) is 0.571. The van der Waals surface area contributed by atoms with Gasteiger partial charge >= 0.3 is 0 Å². The Kier molecular flexibility index (Phi) is 4.52. The molecule has 0 radical (unpaired) electrons. The lowest BCUT2D eigenvalue weighted by atomic mass is 9.65. The number of anilines is 1. The van der Waals surface area contributed by atoms with Crippen LogP contribution in [0.3, 0.4) is 0 Å². The average Bonchev–Trinajstić information content (AvgIpc) is 2.90. The Hall–Kier alpha value is -1.50. The van der Waals surface area contributed by atoms with Gasteiger partial charge in [0.15, 0.2) is 0 Å². The Morgan fingerprint density at radius 1 is 1.32 bits per heavy atom. The number of piperidine rings is 1. The number of halogens is 1. The third kappa shape index (κ3) is 2.86. The number of likely N-dealkylation sites (tertiary alicyclic amines) is 1. The van der Waals surface area contributed by atoms with E-state index in [2.05, 4.69) is 46.1 Å². The van der Waals surface area contributed by atoms with Crippen molar-refractivity contribution in [3.05, 3.63) is 28.3 Å². The maximum absolute atomic E-state index is 6.57. The number of fused-ring (bicyclic) bond motifs is 2. The summed E-state index contributed by atoms with van der Waals surface area (Å²) in [6.07, 6.45) is 7.49. The molecule has 1 aromatic rings. The van der Waals surface area contributed by atoms with E-state index >= 15 is 0 Å². The van der Waals surface area contributed by atoms with E-state index < -0.39 is 0 Å². The number of aliphatic imine (C=N–C) groups is 1. The smallest absolute Gasteiger partial charge is 0.111 e. The molecule has 1 atom stereocenters. The van der Waals surface area contributed by atoms with Gasteiger partial charge in [-0.25, -0.2) is 0 Å². The molecule has 1 aliphatic carbocycles. The molecule has 1 saturated heterocycles. The lowest BCUT2D eigenvalue weighted by Crippen LogP contribution is -2.41. The largest absolute Gasteiger partial charge is 0.343 e. The lowest BCUT2D eigenvalue weighted by molar-refractivity contribution is 0.182. The van der Waals surface area contributed by atoms with Gasteiger partial charge < -0.3 is 5.32 Å². The van der Waals surface area contributed by atoms with Crippen molar-refractivity contribution in [1.29, 1.82) is 0 Å². The second-order valence-corrected chi connectivity index (χ2v) is 8.03. The van der Waals surface area contributed by atoms with Crippen molar-refractivity contribution < 1.29 is 0 Å². The summed E-state index contributed by atoms with van der Waals surface area (Å²) in [5.41, 5.74) is 3.45. The molecular formula is C21H26ClN3. The summed E-state index contributed by atoms with van der Waals surface area (Å²) in [4.78, 5) is 6.96. The van der Waals surface area contributed by atoms with Crippen LogP contribution in [0.4, 0.5) is 5.69 Å². The first-order chi connectivity index (χ1) is 12.1. The second kappa shape index (κ2) is 6.67. The monoisotopic (exact) mass is 355 g/mol. The molecule has 4 rings (SSSR count). The molecule has 2 aliphatic heterocycles. The zero-order chi connectivity index (χ0) is 17.4. The Labute approximate surface area is 155 Å². The van der Waals surface area contributed by atoms with Crippen LogP contribution in [-0.4, -0.2) is 36.9 Å². The molecule has 1 N–H and O–H groups in total. The van der Waals surface area contributed by atoms with Gasteiger partial charge in [-0.15, -0.1) is 0 Å². The van der Waals surface area contributed by atoms with E-state index in [-0.39, 0.29) is 5.41 Å². The maximum atomic E-state index is 6.57. The van der Waals surface area contributed by atoms with E-state index in [4.69, 9.17) is 11.6 Å². The Balaban J connectivity index is 1.56. The molecule has 1 saturated carbocycles. The van der Waals surface area contributed by atoms with Gasteiger partial charge in [-0.1, -0.05) is 36.3 Å². The number of rotatable bonds is 1. The van der Waals surface area contributed by atoms with Crippen molar-refractivity contribution >= 4 is 23.1 Å². The van der Waals surface area contributed by atoms with Crippen LogP contribution >= 0.6 is 11.6 Å². The molecule has 132 valence electrons. The van der Waals surface area contributed by atoms with E-state index in [9.17, 15) is 0 Å². The number of benzene rings is 1. The summed E-state index contributed by atoms with van der Waals surface area (Å²) in [7, 11) is 1.87. The zero-order valence-electron chi connectivity index (χ0n) is 15.2. The maximum Gasteiger partial charge on any atom is 0.111 e. The summed E-state index contributed by atoms with van der Waals surface area (Å²) < 4.78 is 0. The summed E-state index contributed by atoms with van der Waals surface area (Å²) in [5.74, 6) is 7.74. The first kappa shape index (κ1) is 16.9. The molecule has 3 nitrogen and oxygen atoms in total. The number of nitrogens with one attached hydrogen (secondary N) is 1. The van der Waals surface area contributed by atoms with Crippen molar-refractivity contribution in [2.45, 2.75) is 56.9 Å². The highest BCUT2D eigenvalue weighted by atomic mass is 35.5. The molecule has 2 fully saturated rings. The SMILES string of the molecule is CN=C1Nc2cc(C#CCN3CCCCC3C)c(Cl)cc2C12CCC2. The van der Waals surface area contributed by atoms with E-state index in [1.165, 1.54) is 31.2 Å². The molecule has 2 heterocycles. The predicted octanol–water partition coefficient (Wildman–Crippen LogP) is 4.44. The Morgan fingerprint density at radius 3 is 2.84 bits per heavy atom. The molecule has 0 amide bonds. The first-order valence-electron chi connectivity index (χ1n) is 9.45. The van der Waals surface area contributed by atoms with Gasteiger partial charge in [0.05, 0.1) is 17.0 Å². The zero-order valence-corrected chi connectivity index (χ0v) is 15.9. The fourth-order valence-corrected chi connectivity index (χ4v) is 4.69. The normalized spacial score (nSPS) is 25.9. The van der Waals surface area contributed by atoms with Crippen LogP contribution in [0, 0.1) is 11.8 Å². The molecule has 1 aromatic carbocycles. The minimum absolute atomic E-state index is 0.0862. The van der Waals surface area contributed by atoms with Crippen LogP contribution < -0.4 is 5.32 Å². The molecular weight excluding hydrogens is 330 g/mol. The molecule has 1 unspecified atom stereocenters. The number of nitrogens with zero attached hydrogens (tertiary/aromatic N) is 2. The van der Waals surface area contributed by atoms with E-state index in [1.54, 1.807) is 0 Å². The van der Waals surface area contributed by atoms with Gasteiger partial charge in [-0.3, -0.25) is 9.89 Å². The molecule has 0 aromatic heterocycles. The highest BCUT2D eigenvalue weighted by Gasteiger charge is 2.49. The number of hydrogen-bond donors (Lipinski definition) is 1. The minimum Gasteiger partial charge on any atom is -0.343 e. The van der Waals surface area contributed by atoms with Crippen LogP contribution in [0.2, 0.25) is 5.02 Å². The summed E-state index contributed by atoms with van der Waals surface area (Å²) in [6.45, 7) is 4.29. The van der Waals surface area contributed by atoms with Crippen molar-refractivity contribution in [3.8, 4) is 11.8 Å². The van der Waals surface area contributed by atoms with Gasteiger partial charge in [-0.2, -0.15) is 0 Å². The summed E-state index contributed by atoms with van der Waals surface area (Å²) >= 11 is 6.57. The fourth-order valence-electron chi connectivity index (χ4n) is 4.48. The molecule has 1 spiro atoms. The van der Waals surface area contributed by atoms with Crippen LogP contribution in [0.5, 0.6) is 0 Å². The van der Waals surface area contributed by atoms with Crippen LogP contribution in [-0.2, 0) is 5.41 Å². The van der Waals surface area contributed by atoms with Gasteiger partial charge in [0, 0.05) is 24.3 Å². The highest BCUT2D eigenvalue weighted by Crippen LogP contribution is 2.52. The Bertz CT molecular complexity index is 767. The third-order valence-electron chi connectivity index (χ3n) is 6.21. The predicted molar refractivity (Wildman–Crippen MR) is 106 cm³/mol. The van der Waals surface area contributed by atoms with Crippen molar-refractivity contribution in [2.24, 2.45) is 4.99 Å². The first-order valence-corrected chi connectivity index (χ1v) is 9.83. The molecule has 4 heteroatoms. The standard InChI is InChI=1S/C21H26ClN3/c1-15-7-3-4-11-25(15)12-5-8-16-13-19-17(14-18(16)22)21(9-6-10-21)20(23-2)24-19/h13-15H,3-4,6-7,9-12H2,1-2H3,(H,23,24). The second-order valence-electron chi connectivity index (χ2n) is 7.63. The Morgan fingerprint density at radius 2 is 2.16 bits per heavy atom. The van der Waals surface area contributed by atoms with Crippen LogP contribution in [0.1, 0.15) is 56.6 Å². The van der Waals surface area contributed by atoms with Gasteiger partial charge in [0.1, 0.15) is 5.84 Å². The summed E-state index contributed by atoms with van der Waals surface area (Å²) in [6, 6.07) is 4.87. The summed E-state index contributed by atoms with van der Waals surface area (Å²) in [5, 5.41) is 4.27. The third-order valence-corrected chi connectivity index (χ3v) is 6.52. The van der Waals surface area contributed by atoms with Gasteiger partial charge in [0.25, 0.3) is 0 Å². The quantitative estimate of drug-likeness (QED) is 0.754. The molecule has 3 aliphatic rings. The molecule has 0 bridgehead atoms. The number of hydrogen-bond acceptors (Lipinski definition) is 2. The van der Waals surface area contributed by atoms with Crippen molar-refractivity contribution in [3.63, 3.8) is 0 Å². The minimum atomic E-state index is 0.0862. The average molecular weight is 356 g/mol. The topological polar surface area (TPSA) is 27.6 Å². The lowest BCUT2D eigenvalue weighted by Gasteiger charge is -2.38.